The van der Waals surface area contributed by atoms with Crippen molar-refractivity contribution in [3.8, 4) is 0 Å². The van der Waals surface area contributed by atoms with Crippen molar-refractivity contribution >= 4 is 0 Å². The molecule has 0 radical (unpaired) electrons. The minimum atomic E-state index is -0.856. The summed E-state index contributed by atoms with van der Waals surface area (Å²) in [7, 11) is 2.21. The van der Waals surface area contributed by atoms with E-state index in [0.29, 0.717) is 19.8 Å². The quantitative estimate of drug-likeness (QED) is 0.172. The summed E-state index contributed by atoms with van der Waals surface area (Å²) in [6, 6.07) is 20.8. The molecule has 5 heteroatoms. The van der Waals surface area contributed by atoms with Crippen LogP contribution in [-0.2, 0) is 27.4 Å². The van der Waals surface area contributed by atoms with Crippen molar-refractivity contribution in [3.05, 3.63) is 71.8 Å². The summed E-state index contributed by atoms with van der Waals surface area (Å²) in [5.74, 6) is 0. The van der Waals surface area contributed by atoms with Gasteiger partial charge in [0.25, 0.3) is 0 Å². The van der Waals surface area contributed by atoms with Crippen molar-refractivity contribution in [2.75, 3.05) is 20.2 Å². The molecule has 0 saturated heterocycles. The number of aliphatic hydroxyl groups is 1. The standard InChI is InChI=1S/C35H55NO4/c1-5-7-9-10-18-24-36(4)33-31(38-26-29-19-13-11-14-20-29)25-32(39-27-30-21-15-12-16-22-30)34(33)40-28-35(3,37)23-17-8-6-2/h11-16,19-22,31-34,37H,5-10,17-18,23-28H2,1-4H3/t31-,32+,33+,34+,35?/m0/s1. The molecule has 0 aromatic heterocycles. The molecule has 40 heavy (non-hydrogen) atoms. The van der Waals surface area contributed by atoms with Crippen LogP contribution in [0.4, 0.5) is 0 Å². The van der Waals surface area contributed by atoms with Gasteiger partial charge in [0.1, 0.15) is 6.10 Å². The van der Waals surface area contributed by atoms with Crippen LogP contribution < -0.4 is 0 Å². The number of benzene rings is 2. The number of ether oxygens (including phenoxy) is 3. The molecule has 0 heterocycles. The van der Waals surface area contributed by atoms with Gasteiger partial charge in [-0.15, -0.1) is 0 Å². The monoisotopic (exact) mass is 553 g/mol. The maximum Gasteiger partial charge on any atom is 0.102 e. The number of likely N-dealkylation sites (N-methyl/N-ethyl adjacent to an activating group) is 1. The first kappa shape index (κ1) is 32.8. The summed E-state index contributed by atoms with van der Waals surface area (Å²) >= 11 is 0. The Morgan fingerprint density at radius 2 is 1.30 bits per heavy atom. The van der Waals surface area contributed by atoms with E-state index in [2.05, 4.69) is 74.3 Å². The van der Waals surface area contributed by atoms with Crippen molar-refractivity contribution in [2.24, 2.45) is 0 Å². The Morgan fingerprint density at radius 1 is 0.750 bits per heavy atom. The SMILES string of the molecule is CCCCCCCN(C)[C@H]1[C@H](OCC(C)(O)CCCCC)[C@H](OCc2ccccc2)C[C@@H]1OCc1ccccc1. The minimum absolute atomic E-state index is 0.0170. The molecule has 1 aliphatic rings. The first-order valence-corrected chi connectivity index (χ1v) is 15.8. The van der Waals surface area contributed by atoms with Gasteiger partial charge in [-0.1, -0.05) is 119 Å². The van der Waals surface area contributed by atoms with Gasteiger partial charge in [-0.25, -0.2) is 0 Å². The van der Waals surface area contributed by atoms with Gasteiger partial charge in [-0.05, 0) is 44.5 Å². The highest BCUT2D eigenvalue weighted by atomic mass is 16.6. The minimum Gasteiger partial charge on any atom is -0.388 e. The van der Waals surface area contributed by atoms with Crippen LogP contribution in [0.15, 0.2) is 60.7 Å². The van der Waals surface area contributed by atoms with Crippen LogP contribution in [0.5, 0.6) is 0 Å². The van der Waals surface area contributed by atoms with Crippen molar-refractivity contribution in [1.82, 2.24) is 4.90 Å². The third kappa shape index (κ3) is 11.3. The molecule has 1 fully saturated rings. The molecule has 1 N–H and O–H groups in total. The zero-order valence-electron chi connectivity index (χ0n) is 25.6. The lowest BCUT2D eigenvalue weighted by atomic mass is 9.99. The summed E-state index contributed by atoms with van der Waals surface area (Å²) in [5, 5.41) is 11.2. The summed E-state index contributed by atoms with van der Waals surface area (Å²) in [5.41, 5.74) is 1.47. The van der Waals surface area contributed by atoms with E-state index in [0.717, 1.165) is 50.6 Å². The molecular weight excluding hydrogens is 498 g/mol. The highest BCUT2D eigenvalue weighted by Gasteiger charge is 2.48. The largest absolute Gasteiger partial charge is 0.388 e. The fourth-order valence-corrected chi connectivity index (χ4v) is 5.78. The third-order valence-corrected chi connectivity index (χ3v) is 8.19. The summed E-state index contributed by atoms with van der Waals surface area (Å²) in [4.78, 5) is 2.43. The van der Waals surface area contributed by atoms with Crippen LogP contribution in [0.1, 0.15) is 96.1 Å². The Bertz CT molecular complexity index is 906. The second-order valence-corrected chi connectivity index (χ2v) is 12.0. The lowest BCUT2D eigenvalue weighted by Gasteiger charge is -2.36. The van der Waals surface area contributed by atoms with Gasteiger partial charge in [0.2, 0.25) is 0 Å². The Kier molecular flexibility index (Phi) is 14.7. The van der Waals surface area contributed by atoms with E-state index >= 15 is 0 Å². The van der Waals surface area contributed by atoms with E-state index in [1.54, 1.807) is 0 Å². The highest BCUT2D eigenvalue weighted by Crippen LogP contribution is 2.34. The maximum absolute atomic E-state index is 11.2. The van der Waals surface area contributed by atoms with E-state index in [1.807, 2.05) is 19.1 Å². The topological polar surface area (TPSA) is 51.2 Å². The Labute approximate surface area is 244 Å². The van der Waals surface area contributed by atoms with Crippen molar-refractivity contribution in [3.63, 3.8) is 0 Å². The number of hydrogen-bond acceptors (Lipinski definition) is 5. The lowest BCUT2D eigenvalue weighted by molar-refractivity contribution is -0.128. The number of nitrogens with zero attached hydrogens (tertiary/aromatic N) is 1. The molecule has 0 spiro atoms. The first-order chi connectivity index (χ1) is 19.4. The zero-order valence-corrected chi connectivity index (χ0v) is 25.6. The molecule has 224 valence electrons. The predicted molar refractivity (Wildman–Crippen MR) is 164 cm³/mol. The van der Waals surface area contributed by atoms with Crippen LogP contribution in [0.25, 0.3) is 0 Å². The second kappa shape index (κ2) is 17.9. The van der Waals surface area contributed by atoms with Gasteiger partial charge < -0.3 is 19.3 Å². The molecule has 1 unspecified atom stereocenters. The van der Waals surface area contributed by atoms with Crippen LogP contribution in [0, 0.1) is 0 Å². The summed E-state index contributed by atoms with van der Waals surface area (Å²) in [6.07, 6.45) is 10.7. The molecule has 3 rings (SSSR count). The Hall–Kier alpha value is -1.76. The van der Waals surface area contributed by atoms with Gasteiger partial charge in [-0.2, -0.15) is 0 Å². The smallest absolute Gasteiger partial charge is 0.102 e. The third-order valence-electron chi connectivity index (χ3n) is 8.19. The molecule has 1 saturated carbocycles. The fraction of sp³-hybridized carbons (Fsp3) is 0.657. The van der Waals surface area contributed by atoms with E-state index < -0.39 is 5.60 Å². The van der Waals surface area contributed by atoms with E-state index in [-0.39, 0.29) is 24.4 Å². The fourth-order valence-electron chi connectivity index (χ4n) is 5.78. The van der Waals surface area contributed by atoms with Crippen LogP contribution in [0.2, 0.25) is 0 Å². The molecule has 0 aliphatic heterocycles. The summed E-state index contributed by atoms with van der Waals surface area (Å²) < 4.78 is 19.9. The molecule has 1 aliphatic carbocycles. The molecule has 0 bridgehead atoms. The average molecular weight is 554 g/mol. The first-order valence-electron chi connectivity index (χ1n) is 15.8. The normalized spacial score (nSPS) is 22.6. The van der Waals surface area contributed by atoms with Crippen molar-refractivity contribution in [1.29, 1.82) is 0 Å². The van der Waals surface area contributed by atoms with Crippen molar-refractivity contribution < 1.29 is 19.3 Å². The molecule has 2 aromatic carbocycles. The zero-order chi connectivity index (χ0) is 28.6. The summed E-state index contributed by atoms with van der Waals surface area (Å²) in [6.45, 7) is 8.77. The van der Waals surface area contributed by atoms with Crippen LogP contribution in [0.3, 0.4) is 0 Å². The van der Waals surface area contributed by atoms with E-state index in [9.17, 15) is 5.11 Å². The van der Waals surface area contributed by atoms with Gasteiger partial charge in [0.05, 0.1) is 43.7 Å². The molecule has 5 atom stereocenters. The Morgan fingerprint density at radius 3 is 1.90 bits per heavy atom. The molecule has 5 nitrogen and oxygen atoms in total. The molecule has 0 amide bonds. The number of hydrogen-bond donors (Lipinski definition) is 1. The van der Waals surface area contributed by atoms with E-state index in [4.69, 9.17) is 14.2 Å². The van der Waals surface area contributed by atoms with Crippen LogP contribution >= 0.6 is 0 Å². The average Bonchev–Trinajstić information content (AvgIpc) is 3.32. The van der Waals surface area contributed by atoms with Gasteiger partial charge in [0, 0.05) is 6.42 Å². The molecule has 2 aromatic rings. The molecular formula is C35H55NO4. The number of rotatable bonds is 20. The van der Waals surface area contributed by atoms with E-state index in [1.165, 1.54) is 31.2 Å². The van der Waals surface area contributed by atoms with Gasteiger partial charge in [-0.3, -0.25) is 4.90 Å². The highest BCUT2D eigenvalue weighted by molar-refractivity contribution is 5.15. The van der Waals surface area contributed by atoms with Crippen LogP contribution in [-0.4, -0.2) is 60.2 Å². The second-order valence-electron chi connectivity index (χ2n) is 12.0. The maximum atomic E-state index is 11.2. The Balaban J connectivity index is 1.76. The predicted octanol–water partition coefficient (Wildman–Crippen LogP) is 7.55. The lowest BCUT2D eigenvalue weighted by Crippen LogP contribution is -2.50. The van der Waals surface area contributed by atoms with Crippen molar-refractivity contribution in [2.45, 2.75) is 128 Å². The van der Waals surface area contributed by atoms with Gasteiger partial charge in [0.15, 0.2) is 0 Å². The van der Waals surface area contributed by atoms with Gasteiger partial charge >= 0.3 is 0 Å². The number of unbranched alkanes of at least 4 members (excludes halogenated alkanes) is 6.